The molecule has 1 fully saturated rings. The number of aryl methyl sites for hydroxylation is 1. The minimum Gasteiger partial charge on any atom is -0.481 e. The molecule has 0 saturated heterocycles. The van der Waals surface area contributed by atoms with Gasteiger partial charge in [-0.15, -0.1) is 0 Å². The van der Waals surface area contributed by atoms with Crippen LogP contribution < -0.4 is 10.6 Å². The second kappa shape index (κ2) is 8.28. The van der Waals surface area contributed by atoms with E-state index in [0.717, 1.165) is 10.0 Å². The summed E-state index contributed by atoms with van der Waals surface area (Å²) < 4.78 is 0.934. The number of carbonyl (C=O) groups is 3. The number of carbonyl (C=O) groups excluding carboxylic acids is 2. The van der Waals surface area contributed by atoms with Gasteiger partial charge in [0.15, 0.2) is 0 Å². The van der Waals surface area contributed by atoms with Crippen LogP contribution in [0, 0.1) is 18.8 Å². The Hall–Kier alpha value is -1.89. The molecule has 130 valence electrons. The summed E-state index contributed by atoms with van der Waals surface area (Å²) in [6, 6.07) is 5.53. The molecule has 0 bridgehead atoms. The van der Waals surface area contributed by atoms with Crippen molar-refractivity contribution in [2.24, 2.45) is 11.8 Å². The quantitative estimate of drug-likeness (QED) is 0.712. The summed E-state index contributed by atoms with van der Waals surface area (Å²) in [4.78, 5) is 35.0. The molecule has 0 atom stereocenters. The van der Waals surface area contributed by atoms with Crippen molar-refractivity contribution < 1.29 is 19.5 Å². The van der Waals surface area contributed by atoms with Crippen LogP contribution in [0.4, 0.5) is 5.69 Å². The lowest BCUT2D eigenvalue weighted by molar-refractivity contribution is -0.144. The van der Waals surface area contributed by atoms with Crippen LogP contribution in [0.25, 0.3) is 0 Å². The zero-order valence-corrected chi connectivity index (χ0v) is 15.1. The summed E-state index contributed by atoms with van der Waals surface area (Å²) in [5, 5.41) is 14.4. The maximum atomic E-state index is 12.1. The molecule has 1 aliphatic carbocycles. The summed E-state index contributed by atoms with van der Waals surface area (Å²) in [5.41, 5.74) is 1.63. The van der Waals surface area contributed by atoms with Gasteiger partial charge in [-0.2, -0.15) is 0 Å². The minimum atomic E-state index is -0.793. The maximum Gasteiger partial charge on any atom is 0.306 e. The van der Waals surface area contributed by atoms with E-state index in [0.29, 0.717) is 31.4 Å². The van der Waals surface area contributed by atoms with Crippen LogP contribution in [0.5, 0.6) is 0 Å². The molecule has 7 heteroatoms. The fourth-order valence-electron chi connectivity index (χ4n) is 2.88. The van der Waals surface area contributed by atoms with Gasteiger partial charge in [-0.25, -0.2) is 0 Å². The number of halogens is 1. The molecule has 0 aliphatic heterocycles. The first kappa shape index (κ1) is 18.4. The fraction of sp³-hybridized carbons (Fsp3) is 0.471. The van der Waals surface area contributed by atoms with Gasteiger partial charge in [-0.3, -0.25) is 14.4 Å². The van der Waals surface area contributed by atoms with Crippen molar-refractivity contribution in [3.8, 4) is 0 Å². The standard InChI is InChI=1S/C17H21BrN2O4/c1-10-8-13(18)6-7-14(10)20-15(21)9-19-16(22)11-2-4-12(5-3-11)17(23)24/h6-8,11-12H,2-5,9H2,1H3,(H,19,22)(H,20,21)(H,23,24). The summed E-state index contributed by atoms with van der Waals surface area (Å²) >= 11 is 3.36. The van der Waals surface area contributed by atoms with E-state index in [-0.39, 0.29) is 30.2 Å². The van der Waals surface area contributed by atoms with E-state index in [2.05, 4.69) is 26.6 Å². The Morgan fingerprint density at radius 1 is 1.17 bits per heavy atom. The SMILES string of the molecule is Cc1cc(Br)ccc1NC(=O)CNC(=O)C1CCC(C(=O)O)CC1. The van der Waals surface area contributed by atoms with Crippen molar-refractivity contribution in [1.82, 2.24) is 5.32 Å². The van der Waals surface area contributed by atoms with Gasteiger partial charge in [-0.05, 0) is 56.4 Å². The second-order valence-electron chi connectivity index (χ2n) is 6.11. The highest BCUT2D eigenvalue weighted by molar-refractivity contribution is 9.10. The summed E-state index contributed by atoms with van der Waals surface area (Å²) in [6.45, 7) is 1.80. The lowest BCUT2D eigenvalue weighted by atomic mass is 9.81. The van der Waals surface area contributed by atoms with Gasteiger partial charge in [0, 0.05) is 16.1 Å². The number of anilines is 1. The lowest BCUT2D eigenvalue weighted by Gasteiger charge is -2.25. The number of nitrogens with one attached hydrogen (secondary N) is 2. The van der Waals surface area contributed by atoms with Gasteiger partial charge >= 0.3 is 5.97 Å². The normalized spacial score (nSPS) is 20.2. The molecule has 1 saturated carbocycles. The monoisotopic (exact) mass is 396 g/mol. The van der Waals surface area contributed by atoms with Crippen LogP contribution in [0.3, 0.4) is 0 Å². The molecule has 2 rings (SSSR count). The van der Waals surface area contributed by atoms with Crippen molar-refractivity contribution in [2.75, 3.05) is 11.9 Å². The molecule has 3 N–H and O–H groups in total. The Morgan fingerprint density at radius 2 is 1.79 bits per heavy atom. The topological polar surface area (TPSA) is 95.5 Å². The third-order valence-corrected chi connectivity index (χ3v) is 4.83. The van der Waals surface area contributed by atoms with Crippen LogP contribution in [0.2, 0.25) is 0 Å². The Balaban J connectivity index is 1.77. The Labute approximate surface area is 149 Å². The van der Waals surface area contributed by atoms with Crippen LogP contribution >= 0.6 is 15.9 Å². The second-order valence-corrected chi connectivity index (χ2v) is 7.03. The number of hydrogen-bond acceptors (Lipinski definition) is 3. The third kappa shape index (κ3) is 5.06. The lowest BCUT2D eigenvalue weighted by Crippen LogP contribution is -2.38. The van der Waals surface area contributed by atoms with Gasteiger partial charge in [0.2, 0.25) is 11.8 Å². The molecule has 6 nitrogen and oxygen atoms in total. The van der Waals surface area contributed by atoms with Gasteiger partial charge < -0.3 is 15.7 Å². The van der Waals surface area contributed by atoms with Crippen molar-refractivity contribution >= 4 is 39.4 Å². The largest absolute Gasteiger partial charge is 0.481 e. The third-order valence-electron chi connectivity index (χ3n) is 4.33. The predicted octanol–water partition coefficient (Wildman–Crippen LogP) is 2.70. The molecule has 0 heterocycles. The van der Waals surface area contributed by atoms with E-state index < -0.39 is 5.97 Å². The van der Waals surface area contributed by atoms with Crippen LogP contribution in [-0.4, -0.2) is 29.4 Å². The van der Waals surface area contributed by atoms with E-state index in [9.17, 15) is 14.4 Å². The van der Waals surface area contributed by atoms with Crippen molar-refractivity contribution in [2.45, 2.75) is 32.6 Å². The van der Waals surface area contributed by atoms with Crippen LogP contribution in [0.15, 0.2) is 22.7 Å². The molecule has 24 heavy (non-hydrogen) atoms. The molecule has 1 aliphatic rings. The molecule has 0 aromatic heterocycles. The highest BCUT2D eigenvalue weighted by Crippen LogP contribution is 2.29. The highest BCUT2D eigenvalue weighted by atomic mass is 79.9. The van der Waals surface area contributed by atoms with E-state index in [4.69, 9.17) is 5.11 Å². The molecule has 2 amide bonds. The highest BCUT2D eigenvalue weighted by Gasteiger charge is 2.29. The smallest absolute Gasteiger partial charge is 0.306 e. The molecule has 1 aromatic rings. The van der Waals surface area contributed by atoms with E-state index >= 15 is 0 Å². The van der Waals surface area contributed by atoms with Crippen molar-refractivity contribution in [3.63, 3.8) is 0 Å². The number of benzene rings is 1. The van der Waals surface area contributed by atoms with E-state index in [1.165, 1.54) is 0 Å². The van der Waals surface area contributed by atoms with Gasteiger partial charge in [0.05, 0.1) is 12.5 Å². The Morgan fingerprint density at radius 3 is 2.38 bits per heavy atom. The van der Waals surface area contributed by atoms with Gasteiger partial charge in [0.1, 0.15) is 0 Å². The van der Waals surface area contributed by atoms with Crippen LogP contribution in [0.1, 0.15) is 31.2 Å². The molecular weight excluding hydrogens is 376 g/mol. The zero-order chi connectivity index (χ0) is 17.7. The number of carboxylic acids is 1. The van der Waals surface area contributed by atoms with E-state index in [1.54, 1.807) is 6.07 Å². The fourth-order valence-corrected chi connectivity index (χ4v) is 3.35. The summed E-state index contributed by atoms with van der Waals surface area (Å²) in [5.74, 6) is -1.81. The maximum absolute atomic E-state index is 12.1. The van der Waals surface area contributed by atoms with Gasteiger partial charge in [0.25, 0.3) is 0 Å². The number of aliphatic carboxylic acids is 1. The number of rotatable bonds is 5. The molecule has 0 radical (unpaired) electrons. The summed E-state index contributed by atoms with van der Waals surface area (Å²) in [6.07, 6.45) is 2.13. The van der Waals surface area contributed by atoms with Crippen molar-refractivity contribution in [3.05, 3.63) is 28.2 Å². The first-order valence-corrected chi connectivity index (χ1v) is 8.72. The first-order valence-electron chi connectivity index (χ1n) is 7.93. The van der Waals surface area contributed by atoms with Crippen LogP contribution in [-0.2, 0) is 14.4 Å². The average Bonchev–Trinajstić information content (AvgIpc) is 2.55. The molecular formula is C17H21BrN2O4. The van der Waals surface area contributed by atoms with Crippen molar-refractivity contribution in [1.29, 1.82) is 0 Å². The van der Waals surface area contributed by atoms with Gasteiger partial charge in [-0.1, -0.05) is 15.9 Å². The molecule has 0 unspecified atom stereocenters. The number of carboxylic acid groups (broad SMARTS) is 1. The Bertz CT molecular complexity index is 639. The summed E-state index contributed by atoms with van der Waals surface area (Å²) in [7, 11) is 0. The minimum absolute atomic E-state index is 0.0901. The number of hydrogen-bond donors (Lipinski definition) is 3. The zero-order valence-electron chi connectivity index (χ0n) is 13.5. The van der Waals surface area contributed by atoms with E-state index in [1.807, 2.05) is 19.1 Å². The molecule has 0 spiro atoms. The average molecular weight is 397 g/mol. The molecule has 1 aromatic carbocycles. The first-order chi connectivity index (χ1) is 11.4. The predicted molar refractivity (Wildman–Crippen MR) is 93.6 cm³/mol. The Kier molecular flexibility index (Phi) is 6.36. The number of amides is 2.